The summed E-state index contributed by atoms with van der Waals surface area (Å²) >= 11 is 0. The van der Waals surface area contributed by atoms with E-state index < -0.39 is 0 Å². The SMILES string of the molecule is C1=CC2C(C3=CCCC=C3)=CC=C(Cc3ccc(CCCCc4ccccc4)cc3)C2=C1. The zero-order valence-electron chi connectivity index (χ0n) is 18.8. The Morgan fingerprint density at radius 3 is 2.19 bits per heavy atom. The third-order valence-electron chi connectivity index (χ3n) is 6.85. The molecule has 0 amide bonds. The molecule has 5 rings (SSSR count). The largest absolute Gasteiger partial charge is 0.0836 e. The van der Waals surface area contributed by atoms with Crippen molar-refractivity contribution >= 4 is 0 Å². The van der Waals surface area contributed by atoms with Crippen molar-refractivity contribution in [2.24, 2.45) is 5.92 Å². The second kappa shape index (κ2) is 10.0. The molecule has 32 heavy (non-hydrogen) atoms. The maximum Gasteiger partial charge on any atom is 0.0281 e. The van der Waals surface area contributed by atoms with E-state index in [9.17, 15) is 0 Å². The maximum absolute atomic E-state index is 2.40. The van der Waals surface area contributed by atoms with E-state index in [1.807, 2.05) is 0 Å². The summed E-state index contributed by atoms with van der Waals surface area (Å²) in [5.74, 6) is 0.424. The molecule has 0 nitrogen and oxygen atoms in total. The Hall–Kier alpha value is -3.12. The number of benzene rings is 2. The molecule has 2 aromatic rings. The van der Waals surface area contributed by atoms with Gasteiger partial charge in [-0.25, -0.2) is 0 Å². The molecule has 0 heteroatoms. The van der Waals surface area contributed by atoms with Crippen molar-refractivity contribution in [1.29, 1.82) is 0 Å². The second-order valence-corrected chi connectivity index (χ2v) is 9.12. The van der Waals surface area contributed by atoms with Crippen LogP contribution in [0.2, 0.25) is 0 Å². The third-order valence-corrected chi connectivity index (χ3v) is 6.85. The highest BCUT2D eigenvalue weighted by molar-refractivity contribution is 5.60. The number of hydrogen-bond acceptors (Lipinski definition) is 0. The first-order valence-electron chi connectivity index (χ1n) is 12.2. The lowest BCUT2D eigenvalue weighted by Crippen LogP contribution is -2.12. The van der Waals surface area contributed by atoms with E-state index in [0.717, 1.165) is 12.8 Å². The van der Waals surface area contributed by atoms with Crippen LogP contribution in [-0.2, 0) is 19.3 Å². The van der Waals surface area contributed by atoms with Crippen LogP contribution >= 0.6 is 0 Å². The molecule has 0 saturated heterocycles. The number of rotatable bonds is 8. The Morgan fingerprint density at radius 2 is 1.44 bits per heavy atom. The summed E-state index contributed by atoms with van der Waals surface area (Å²) in [4.78, 5) is 0. The van der Waals surface area contributed by atoms with Crippen molar-refractivity contribution in [1.82, 2.24) is 0 Å². The topological polar surface area (TPSA) is 0 Å². The zero-order chi connectivity index (χ0) is 21.6. The Bertz CT molecular complexity index is 1110. The molecule has 1 atom stereocenters. The van der Waals surface area contributed by atoms with Crippen LogP contribution in [0.4, 0.5) is 0 Å². The predicted octanol–water partition coefficient (Wildman–Crippen LogP) is 8.05. The van der Waals surface area contributed by atoms with E-state index in [1.165, 1.54) is 71.1 Å². The fourth-order valence-corrected chi connectivity index (χ4v) is 5.06. The number of allylic oxidation sites excluding steroid dienone is 12. The predicted molar refractivity (Wildman–Crippen MR) is 137 cm³/mol. The summed E-state index contributed by atoms with van der Waals surface area (Å²) in [6.07, 6.45) is 26.8. The number of fused-ring (bicyclic) bond motifs is 1. The first-order valence-corrected chi connectivity index (χ1v) is 12.2. The number of hydrogen-bond donors (Lipinski definition) is 0. The van der Waals surface area contributed by atoms with Gasteiger partial charge in [0.25, 0.3) is 0 Å². The first-order chi connectivity index (χ1) is 15.9. The molecule has 3 aliphatic carbocycles. The summed E-state index contributed by atoms with van der Waals surface area (Å²) < 4.78 is 0. The van der Waals surface area contributed by atoms with Crippen molar-refractivity contribution in [3.63, 3.8) is 0 Å². The van der Waals surface area contributed by atoms with Crippen molar-refractivity contribution in [3.8, 4) is 0 Å². The summed E-state index contributed by atoms with van der Waals surface area (Å²) in [6.45, 7) is 0. The van der Waals surface area contributed by atoms with Crippen LogP contribution in [0.3, 0.4) is 0 Å². The van der Waals surface area contributed by atoms with Gasteiger partial charge in [-0.3, -0.25) is 0 Å². The van der Waals surface area contributed by atoms with Crippen LogP contribution in [0, 0.1) is 5.92 Å². The molecule has 0 radical (unpaired) electrons. The van der Waals surface area contributed by atoms with E-state index in [4.69, 9.17) is 0 Å². The molecular formula is C32H32. The first kappa shape index (κ1) is 20.8. The van der Waals surface area contributed by atoms with Gasteiger partial charge >= 0.3 is 0 Å². The molecule has 0 heterocycles. The molecule has 3 aliphatic rings. The van der Waals surface area contributed by atoms with Gasteiger partial charge in [-0.05, 0) is 83.9 Å². The van der Waals surface area contributed by atoms with Gasteiger partial charge in [0.15, 0.2) is 0 Å². The van der Waals surface area contributed by atoms with Gasteiger partial charge < -0.3 is 0 Å². The monoisotopic (exact) mass is 416 g/mol. The van der Waals surface area contributed by atoms with Crippen LogP contribution in [0.15, 0.2) is 125 Å². The highest BCUT2D eigenvalue weighted by Crippen LogP contribution is 2.40. The Balaban J connectivity index is 1.19. The standard InChI is InChI=1S/C32H32/c1-3-10-25(11-4-1)12-7-8-13-26-18-20-27(21-19-26)24-29-22-23-31(28-14-5-2-6-15-28)32-17-9-16-30(29)32/h1,3-5,9-11,14-23,32H,2,6-8,12-13,24H2. The second-order valence-electron chi connectivity index (χ2n) is 9.12. The van der Waals surface area contributed by atoms with Crippen molar-refractivity contribution in [3.05, 3.63) is 142 Å². The van der Waals surface area contributed by atoms with Gasteiger partial charge in [-0.1, -0.05) is 103 Å². The lowest BCUT2D eigenvalue weighted by atomic mass is 9.78. The molecule has 0 aromatic heterocycles. The van der Waals surface area contributed by atoms with Gasteiger partial charge in [0, 0.05) is 5.92 Å². The van der Waals surface area contributed by atoms with Gasteiger partial charge in [0.05, 0.1) is 0 Å². The molecule has 0 N–H and O–H groups in total. The van der Waals surface area contributed by atoms with E-state index >= 15 is 0 Å². The average molecular weight is 417 g/mol. The van der Waals surface area contributed by atoms with Crippen molar-refractivity contribution in [2.75, 3.05) is 0 Å². The minimum Gasteiger partial charge on any atom is -0.0836 e. The van der Waals surface area contributed by atoms with Gasteiger partial charge in [-0.15, -0.1) is 0 Å². The van der Waals surface area contributed by atoms with E-state index in [2.05, 4.69) is 103 Å². The van der Waals surface area contributed by atoms with Gasteiger partial charge in [0.2, 0.25) is 0 Å². The van der Waals surface area contributed by atoms with Crippen LogP contribution in [-0.4, -0.2) is 0 Å². The summed E-state index contributed by atoms with van der Waals surface area (Å²) in [5, 5.41) is 0. The van der Waals surface area contributed by atoms with Crippen molar-refractivity contribution in [2.45, 2.75) is 44.9 Å². The molecule has 1 unspecified atom stereocenters. The van der Waals surface area contributed by atoms with Crippen molar-refractivity contribution < 1.29 is 0 Å². The van der Waals surface area contributed by atoms with Gasteiger partial charge in [0.1, 0.15) is 0 Å². The highest BCUT2D eigenvalue weighted by atomic mass is 14.3. The molecule has 0 saturated carbocycles. The smallest absolute Gasteiger partial charge is 0.0281 e. The lowest BCUT2D eigenvalue weighted by Gasteiger charge is -2.26. The third kappa shape index (κ3) is 4.86. The minimum absolute atomic E-state index is 0.424. The average Bonchev–Trinajstić information content (AvgIpc) is 3.35. The van der Waals surface area contributed by atoms with Gasteiger partial charge in [-0.2, -0.15) is 0 Å². The maximum atomic E-state index is 2.40. The quantitative estimate of drug-likeness (QED) is 0.382. The van der Waals surface area contributed by atoms with Crippen LogP contribution in [0.1, 0.15) is 42.4 Å². The molecule has 0 spiro atoms. The molecule has 0 aliphatic heterocycles. The number of aryl methyl sites for hydroxylation is 2. The van der Waals surface area contributed by atoms with E-state index in [-0.39, 0.29) is 0 Å². The summed E-state index contributed by atoms with van der Waals surface area (Å²) in [5.41, 5.74) is 10.1. The highest BCUT2D eigenvalue weighted by Gasteiger charge is 2.26. The summed E-state index contributed by atoms with van der Waals surface area (Å²) in [7, 11) is 0. The fourth-order valence-electron chi connectivity index (χ4n) is 5.06. The Kier molecular flexibility index (Phi) is 6.49. The lowest BCUT2D eigenvalue weighted by molar-refractivity contribution is 0.734. The Morgan fingerprint density at radius 1 is 0.688 bits per heavy atom. The molecular weight excluding hydrogens is 384 g/mol. The molecule has 2 aromatic carbocycles. The fraction of sp³-hybridized carbons (Fsp3) is 0.250. The minimum atomic E-state index is 0.424. The molecule has 160 valence electrons. The number of unbranched alkanes of at least 4 members (excludes halogenated alkanes) is 1. The van der Waals surface area contributed by atoms with E-state index in [1.54, 1.807) is 0 Å². The normalized spacial score (nSPS) is 19.2. The van der Waals surface area contributed by atoms with Crippen LogP contribution < -0.4 is 0 Å². The van der Waals surface area contributed by atoms with Crippen LogP contribution in [0.5, 0.6) is 0 Å². The molecule has 0 bridgehead atoms. The summed E-state index contributed by atoms with van der Waals surface area (Å²) in [6, 6.07) is 20.2. The van der Waals surface area contributed by atoms with E-state index in [0.29, 0.717) is 5.92 Å². The zero-order valence-corrected chi connectivity index (χ0v) is 18.8. The molecule has 0 fully saturated rings. The Labute approximate surface area is 193 Å². The van der Waals surface area contributed by atoms with Crippen LogP contribution in [0.25, 0.3) is 0 Å².